The maximum atomic E-state index is 13.9. The summed E-state index contributed by atoms with van der Waals surface area (Å²) >= 11 is 0. The standard InChI is InChI=1S/C14H15FN2O3S/c1-17(10-5-3-6-11(9-10)20-2)21(18,19)14-12(15)7-4-8-13(14)16/h3-9H,16H2,1-2H3. The van der Waals surface area contributed by atoms with E-state index in [4.69, 9.17) is 10.5 Å². The van der Waals surface area contributed by atoms with Gasteiger partial charge in [0.15, 0.2) is 0 Å². The Hall–Kier alpha value is -2.28. The Morgan fingerprint density at radius 1 is 1.19 bits per heavy atom. The van der Waals surface area contributed by atoms with Crippen molar-refractivity contribution in [2.45, 2.75) is 4.90 Å². The largest absolute Gasteiger partial charge is 0.497 e. The van der Waals surface area contributed by atoms with Gasteiger partial charge in [-0.3, -0.25) is 4.31 Å². The first-order valence-corrected chi connectivity index (χ1v) is 7.49. The van der Waals surface area contributed by atoms with Gasteiger partial charge in [-0.25, -0.2) is 12.8 Å². The number of ether oxygens (including phenoxy) is 1. The summed E-state index contributed by atoms with van der Waals surface area (Å²) in [6, 6.07) is 10.2. The van der Waals surface area contributed by atoms with Gasteiger partial charge in [-0.15, -0.1) is 0 Å². The van der Waals surface area contributed by atoms with Crippen LogP contribution in [-0.4, -0.2) is 22.6 Å². The summed E-state index contributed by atoms with van der Waals surface area (Å²) in [6.07, 6.45) is 0. The van der Waals surface area contributed by atoms with E-state index in [0.717, 1.165) is 10.4 Å². The SMILES string of the molecule is COc1cccc(N(C)S(=O)(=O)c2c(N)cccc2F)c1. The molecule has 2 aromatic rings. The summed E-state index contributed by atoms with van der Waals surface area (Å²) in [7, 11) is -1.30. The number of benzene rings is 2. The van der Waals surface area contributed by atoms with Gasteiger partial charge in [0.2, 0.25) is 0 Å². The predicted molar refractivity (Wildman–Crippen MR) is 79.4 cm³/mol. The topological polar surface area (TPSA) is 72.6 Å². The van der Waals surface area contributed by atoms with Gasteiger partial charge in [-0.2, -0.15) is 0 Å². The molecule has 0 atom stereocenters. The van der Waals surface area contributed by atoms with Crippen molar-refractivity contribution in [3.8, 4) is 5.75 Å². The number of anilines is 2. The average Bonchev–Trinajstić information content (AvgIpc) is 2.46. The Kier molecular flexibility index (Phi) is 4.04. The molecule has 2 N–H and O–H groups in total. The second-order valence-electron chi connectivity index (χ2n) is 4.33. The zero-order valence-electron chi connectivity index (χ0n) is 11.6. The van der Waals surface area contributed by atoms with Gasteiger partial charge in [-0.1, -0.05) is 12.1 Å². The molecule has 0 saturated carbocycles. The fourth-order valence-corrected chi connectivity index (χ4v) is 3.23. The number of rotatable bonds is 4. The number of nitrogen functional groups attached to an aromatic ring is 1. The van der Waals surface area contributed by atoms with Crippen molar-refractivity contribution >= 4 is 21.4 Å². The van der Waals surface area contributed by atoms with Crippen LogP contribution in [0.1, 0.15) is 0 Å². The lowest BCUT2D eigenvalue weighted by Gasteiger charge is -2.21. The first-order valence-electron chi connectivity index (χ1n) is 6.05. The number of hydrogen-bond donors (Lipinski definition) is 1. The minimum absolute atomic E-state index is 0.134. The third-order valence-electron chi connectivity index (χ3n) is 3.03. The van der Waals surface area contributed by atoms with E-state index in [-0.39, 0.29) is 5.69 Å². The van der Waals surface area contributed by atoms with Crippen LogP contribution < -0.4 is 14.8 Å². The highest BCUT2D eigenvalue weighted by molar-refractivity contribution is 7.93. The van der Waals surface area contributed by atoms with Crippen LogP contribution in [-0.2, 0) is 10.0 Å². The van der Waals surface area contributed by atoms with Crippen molar-refractivity contribution in [1.29, 1.82) is 0 Å². The molecule has 0 aromatic heterocycles. The quantitative estimate of drug-likeness (QED) is 0.879. The lowest BCUT2D eigenvalue weighted by Crippen LogP contribution is -2.28. The zero-order chi connectivity index (χ0) is 15.6. The van der Waals surface area contributed by atoms with Crippen LogP contribution in [0.3, 0.4) is 0 Å². The molecule has 0 unspecified atom stereocenters. The third kappa shape index (κ3) is 2.78. The molecule has 2 aromatic carbocycles. The van der Waals surface area contributed by atoms with Crippen LogP contribution in [0.4, 0.5) is 15.8 Å². The summed E-state index contributed by atoms with van der Waals surface area (Å²) in [5.41, 5.74) is 5.82. The molecule has 0 aliphatic heterocycles. The number of methoxy groups -OCH3 is 1. The Morgan fingerprint density at radius 2 is 1.86 bits per heavy atom. The number of sulfonamides is 1. The number of nitrogens with zero attached hydrogens (tertiary/aromatic N) is 1. The smallest absolute Gasteiger partial charge is 0.269 e. The van der Waals surface area contributed by atoms with Crippen LogP contribution in [0.5, 0.6) is 5.75 Å². The van der Waals surface area contributed by atoms with E-state index in [9.17, 15) is 12.8 Å². The van der Waals surface area contributed by atoms with Gasteiger partial charge in [0, 0.05) is 13.1 Å². The minimum atomic E-state index is -4.10. The van der Waals surface area contributed by atoms with Gasteiger partial charge in [0.05, 0.1) is 18.5 Å². The maximum absolute atomic E-state index is 13.9. The molecule has 5 nitrogen and oxygen atoms in total. The molecule has 0 bridgehead atoms. The van der Waals surface area contributed by atoms with Crippen molar-refractivity contribution in [2.75, 3.05) is 24.2 Å². The Bertz CT molecular complexity index is 742. The fraction of sp³-hybridized carbons (Fsp3) is 0.143. The molecule has 0 amide bonds. The number of hydrogen-bond acceptors (Lipinski definition) is 4. The molecule has 7 heteroatoms. The predicted octanol–water partition coefficient (Wildman–Crippen LogP) is 2.24. The lowest BCUT2D eigenvalue weighted by atomic mass is 10.3. The van der Waals surface area contributed by atoms with Crippen LogP contribution in [0.15, 0.2) is 47.4 Å². The van der Waals surface area contributed by atoms with Crippen LogP contribution in [0.2, 0.25) is 0 Å². The highest BCUT2D eigenvalue weighted by Gasteiger charge is 2.27. The molecule has 0 aliphatic carbocycles. The fourth-order valence-electron chi connectivity index (χ4n) is 1.88. The van der Waals surface area contributed by atoms with Crippen LogP contribution >= 0.6 is 0 Å². The van der Waals surface area contributed by atoms with Crippen molar-refractivity contribution in [3.05, 3.63) is 48.3 Å². The maximum Gasteiger partial charge on any atom is 0.269 e. The van der Waals surface area contributed by atoms with E-state index in [0.29, 0.717) is 11.4 Å². The highest BCUT2D eigenvalue weighted by atomic mass is 32.2. The molecule has 21 heavy (non-hydrogen) atoms. The Labute approximate surface area is 122 Å². The monoisotopic (exact) mass is 310 g/mol. The van der Waals surface area contributed by atoms with Gasteiger partial charge in [-0.05, 0) is 24.3 Å². The summed E-state index contributed by atoms with van der Waals surface area (Å²) in [5, 5.41) is 0. The number of nitrogens with two attached hydrogens (primary N) is 1. The summed E-state index contributed by atoms with van der Waals surface area (Å²) < 4.78 is 44.9. The second kappa shape index (κ2) is 5.61. The van der Waals surface area contributed by atoms with Crippen molar-refractivity contribution in [1.82, 2.24) is 0 Å². The number of halogens is 1. The first-order chi connectivity index (χ1) is 9.87. The molecule has 0 heterocycles. The molecule has 2 rings (SSSR count). The van der Waals surface area contributed by atoms with E-state index in [1.54, 1.807) is 18.2 Å². The zero-order valence-corrected chi connectivity index (χ0v) is 12.4. The van der Waals surface area contributed by atoms with Gasteiger partial charge < -0.3 is 10.5 Å². The third-order valence-corrected chi connectivity index (χ3v) is 4.91. The summed E-state index contributed by atoms with van der Waals surface area (Å²) in [4.78, 5) is -0.532. The van der Waals surface area contributed by atoms with Gasteiger partial charge in [0.1, 0.15) is 16.5 Å². The van der Waals surface area contributed by atoms with Crippen LogP contribution in [0, 0.1) is 5.82 Å². The average molecular weight is 310 g/mol. The van der Waals surface area contributed by atoms with E-state index >= 15 is 0 Å². The molecule has 0 spiro atoms. The molecule has 0 saturated heterocycles. The van der Waals surface area contributed by atoms with E-state index in [2.05, 4.69) is 0 Å². The van der Waals surface area contributed by atoms with Crippen molar-refractivity contribution in [2.24, 2.45) is 0 Å². The Morgan fingerprint density at radius 3 is 2.48 bits per heavy atom. The summed E-state index contributed by atoms with van der Waals surface area (Å²) in [5.74, 6) is -0.388. The van der Waals surface area contributed by atoms with Crippen molar-refractivity contribution < 1.29 is 17.5 Å². The molecule has 0 aliphatic rings. The summed E-state index contributed by atoms with van der Waals surface area (Å²) in [6.45, 7) is 0. The lowest BCUT2D eigenvalue weighted by molar-refractivity contribution is 0.415. The van der Waals surface area contributed by atoms with E-state index in [1.165, 1.54) is 32.4 Å². The van der Waals surface area contributed by atoms with E-state index < -0.39 is 20.7 Å². The molecular formula is C14H15FN2O3S. The first kappa shape index (κ1) is 15.1. The molecule has 0 radical (unpaired) electrons. The van der Waals surface area contributed by atoms with Crippen molar-refractivity contribution in [3.63, 3.8) is 0 Å². The second-order valence-corrected chi connectivity index (χ2v) is 6.24. The molecule has 0 fully saturated rings. The van der Waals surface area contributed by atoms with E-state index in [1.807, 2.05) is 0 Å². The highest BCUT2D eigenvalue weighted by Crippen LogP contribution is 2.29. The van der Waals surface area contributed by atoms with Gasteiger partial charge in [0.25, 0.3) is 10.0 Å². The minimum Gasteiger partial charge on any atom is -0.497 e. The normalized spacial score (nSPS) is 11.2. The van der Waals surface area contributed by atoms with Crippen LogP contribution in [0.25, 0.3) is 0 Å². The molecule has 112 valence electrons. The molecular weight excluding hydrogens is 295 g/mol. The van der Waals surface area contributed by atoms with Gasteiger partial charge >= 0.3 is 0 Å². The Balaban J connectivity index is 2.53.